The fourth-order valence-corrected chi connectivity index (χ4v) is 6.81. The summed E-state index contributed by atoms with van der Waals surface area (Å²) in [5.41, 5.74) is 2.91. The smallest absolute Gasteiger partial charge is 0.368 e. The number of nitrogens with zero attached hydrogens (tertiary/aromatic N) is 8. The molecular weight excluding hydrogens is 726 g/mol. The molecule has 1 N–H and O–H groups in total. The van der Waals surface area contributed by atoms with Gasteiger partial charge in [0.1, 0.15) is 29.9 Å². The molecule has 4 heterocycles. The number of quaternary nitrogens is 1. The van der Waals surface area contributed by atoms with Gasteiger partial charge in [0.15, 0.2) is 11.6 Å². The fourth-order valence-electron chi connectivity index (χ4n) is 6.52. The molecule has 3 aromatic heterocycles. The predicted octanol–water partition coefficient (Wildman–Crippen LogP) is 5.92. The average Bonchev–Trinajstić information content (AvgIpc) is 3.79. The van der Waals surface area contributed by atoms with Crippen molar-refractivity contribution in [2.24, 2.45) is 12.0 Å². The first-order chi connectivity index (χ1) is 26.3. The predicted molar refractivity (Wildman–Crippen MR) is 211 cm³/mol. The van der Waals surface area contributed by atoms with Crippen LogP contribution in [0.2, 0.25) is 5.02 Å². The van der Waals surface area contributed by atoms with Crippen LogP contribution < -0.4 is 20.3 Å². The lowest BCUT2D eigenvalue weighted by Gasteiger charge is -2.28. The summed E-state index contributed by atoms with van der Waals surface area (Å²) in [5, 5.41) is 19.6. The molecule has 15 nitrogen and oxygen atoms in total. The Morgan fingerprint density at radius 2 is 1.95 bits per heavy atom. The molecule has 0 amide bonds. The zero-order valence-electron chi connectivity index (χ0n) is 31.3. The number of ketones is 1. The summed E-state index contributed by atoms with van der Waals surface area (Å²) in [7, 11) is 8.71. The van der Waals surface area contributed by atoms with E-state index in [-0.39, 0.29) is 34.6 Å². The molecule has 1 aliphatic heterocycles. The summed E-state index contributed by atoms with van der Waals surface area (Å²) in [6.45, 7) is 2.82. The number of methoxy groups -OCH3 is 2. The number of allylic oxidation sites excluding steroid dienone is 1. The number of nitrogens with one attached hydrogen (secondary N) is 1. The Hall–Kier alpha value is -6.19. The molecule has 1 atom stereocenters. The van der Waals surface area contributed by atoms with E-state index < -0.39 is 11.0 Å². The molecule has 1 unspecified atom stereocenters. The summed E-state index contributed by atoms with van der Waals surface area (Å²) >= 11 is 6.80. The third-order valence-corrected chi connectivity index (χ3v) is 9.64. The van der Waals surface area contributed by atoms with Crippen LogP contribution in [0.1, 0.15) is 30.5 Å². The second-order valence-corrected chi connectivity index (χ2v) is 14.2. The van der Waals surface area contributed by atoms with Gasteiger partial charge in [0.2, 0.25) is 5.95 Å². The van der Waals surface area contributed by atoms with Crippen LogP contribution in [-0.2, 0) is 18.3 Å². The molecule has 284 valence electrons. The number of rotatable bonds is 15. The first kappa shape index (κ1) is 38.5. The zero-order valence-corrected chi connectivity index (χ0v) is 32.1. The van der Waals surface area contributed by atoms with E-state index in [2.05, 4.69) is 20.4 Å². The highest BCUT2D eigenvalue weighted by Gasteiger charge is 2.28. The lowest BCUT2D eigenvalue weighted by molar-refractivity contribution is -0.880. The van der Waals surface area contributed by atoms with E-state index in [0.29, 0.717) is 69.0 Å². The molecule has 16 heteroatoms. The maximum absolute atomic E-state index is 14.7. The Balaban J connectivity index is 1.32. The van der Waals surface area contributed by atoms with Crippen LogP contribution in [0.15, 0.2) is 94.3 Å². The van der Waals surface area contributed by atoms with Crippen molar-refractivity contribution in [2.45, 2.75) is 25.8 Å². The number of halogens is 1. The van der Waals surface area contributed by atoms with Crippen LogP contribution in [0.5, 0.6) is 11.5 Å². The number of hydrogen-bond acceptors (Lipinski definition) is 11. The number of likely N-dealkylation sites (N-methyl/N-ethyl adjacent to an activating group) is 1. The lowest BCUT2D eigenvalue weighted by atomic mass is 10.00. The number of nitro groups is 1. The van der Waals surface area contributed by atoms with E-state index in [4.69, 9.17) is 26.1 Å². The van der Waals surface area contributed by atoms with Gasteiger partial charge in [-0.3, -0.25) is 18.8 Å². The largest absolute Gasteiger partial charge is 0.497 e. The Morgan fingerprint density at radius 1 is 1.15 bits per heavy atom. The van der Waals surface area contributed by atoms with Gasteiger partial charge < -0.3 is 29.4 Å². The van der Waals surface area contributed by atoms with E-state index in [0.717, 1.165) is 11.1 Å². The molecule has 0 bridgehead atoms. The van der Waals surface area contributed by atoms with E-state index in [9.17, 15) is 19.7 Å². The molecule has 0 fully saturated rings. The van der Waals surface area contributed by atoms with Crippen molar-refractivity contribution in [3.05, 3.63) is 121 Å². The van der Waals surface area contributed by atoms with Crippen LogP contribution in [0.4, 0.5) is 11.8 Å². The topological polar surface area (TPSA) is 169 Å². The summed E-state index contributed by atoms with van der Waals surface area (Å²) in [5.74, 6) is 1.39. The molecule has 55 heavy (non-hydrogen) atoms. The van der Waals surface area contributed by atoms with Crippen LogP contribution >= 0.6 is 11.6 Å². The van der Waals surface area contributed by atoms with E-state index in [1.54, 1.807) is 71.3 Å². The standard InChI is InChI=1S/C39H40ClN9O6/c1-24(26-10-7-9-25(17-26)18-29(50)11-8-16-49(3,4)23-27-12-14-41-36(27)48(52)53)47-37-28(22-42-39(44-37)43-34-13-15-46(2)45-34)19-32(38(47)51)31-20-30(54-5)21-33(55-6)35(31)40/h7-11,13-15,17,19-22,24H,12,16,18,23H2,1-6H3/p+1/b11-8+. The Morgan fingerprint density at radius 3 is 2.65 bits per heavy atom. The molecule has 6 rings (SSSR count). The van der Waals surface area contributed by atoms with Crippen LogP contribution in [0.3, 0.4) is 0 Å². The average molecular weight is 767 g/mol. The number of pyridine rings is 1. The molecular formula is C39H41ClN9O6+. The summed E-state index contributed by atoms with van der Waals surface area (Å²) in [6, 6.07) is 13.8. The van der Waals surface area contributed by atoms with Crippen molar-refractivity contribution in [1.29, 1.82) is 0 Å². The van der Waals surface area contributed by atoms with E-state index >= 15 is 0 Å². The van der Waals surface area contributed by atoms with Crippen molar-refractivity contribution < 1.29 is 23.7 Å². The number of aromatic nitrogens is 5. The molecule has 2 aromatic carbocycles. The normalized spacial score (nSPS) is 13.5. The number of aliphatic imine (C=N–C) groups is 1. The number of carbonyl (C=O) groups excluding carboxylic acids is 1. The van der Waals surface area contributed by atoms with E-state index in [1.807, 2.05) is 45.3 Å². The van der Waals surface area contributed by atoms with Gasteiger partial charge in [0, 0.05) is 60.9 Å². The minimum atomic E-state index is -0.555. The number of carbonyl (C=O) groups is 1. The van der Waals surface area contributed by atoms with Gasteiger partial charge >= 0.3 is 5.82 Å². The van der Waals surface area contributed by atoms with Crippen molar-refractivity contribution in [2.75, 3.05) is 46.7 Å². The first-order valence-electron chi connectivity index (χ1n) is 17.4. The highest BCUT2D eigenvalue weighted by atomic mass is 35.5. The minimum absolute atomic E-state index is 0.0966. The second kappa shape index (κ2) is 16.0. The van der Waals surface area contributed by atoms with Crippen molar-refractivity contribution >= 4 is 46.4 Å². The molecule has 5 aromatic rings. The zero-order chi connectivity index (χ0) is 39.4. The van der Waals surface area contributed by atoms with Crippen LogP contribution in [-0.4, -0.2) is 87.1 Å². The van der Waals surface area contributed by atoms with Gasteiger partial charge in [0.25, 0.3) is 5.56 Å². The Bertz CT molecular complexity index is 2450. The third kappa shape index (κ3) is 8.63. The number of aryl methyl sites for hydroxylation is 1. The summed E-state index contributed by atoms with van der Waals surface area (Å²) < 4.78 is 14.7. The van der Waals surface area contributed by atoms with Crippen molar-refractivity contribution in [3.8, 4) is 22.6 Å². The van der Waals surface area contributed by atoms with Gasteiger partial charge in [-0.05, 0) is 47.3 Å². The van der Waals surface area contributed by atoms with E-state index in [1.165, 1.54) is 14.2 Å². The van der Waals surface area contributed by atoms with Crippen LogP contribution in [0.25, 0.3) is 22.2 Å². The quantitative estimate of drug-likeness (QED) is 0.0584. The second-order valence-electron chi connectivity index (χ2n) is 13.8. The minimum Gasteiger partial charge on any atom is -0.497 e. The molecule has 0 aliphatic carbocycles. The highest BCUT2D eigenvalue weighted by molar-refractivity contribution is 6.35. The summed E-state index contributed by atoms with van der Waals surface area (Å²) in [4.78, 5) is 51.9. The van der Waals surface area contributed by atoms with Crippen molar-refractivity contribution in [1.82, 2.24) is 24.3 Å². The number of ether oxygens (including phenoxy) is 2. The van der Waals surface area contributed by atoms with Gasteiger partial charge in [-0.2, -0.15) is 10.1 Å². The van der Waals surface area contributed by atoms with Gasteiger partial charge in [-0.25, -0.2) is 4.98 Å². The van der Waals surface area contributed by atoms with Crippen molar-refractivity contribution in [3.63, 3.8) is 0 Å². The third-order valence-electron chi connectivity index (χ3n) is 9.25. The van der Waals surface area contributed by atoms with Gasteiger partial charge in [-0.15, -0.1) is 0 Å². The number of benzene rings is 2. The maximum Gasteiger partial charge on any atom is 0.368 e. The monoisotopic (exact) mass is 766 g/mol. The first-order valence-corrected chi connectivity index (χ1v) is 17.7. The molecule has 1 aliphatic rings. The lowest BCUT2D eigenvalue weighted by Crippen LogP contribution is -2.41. The molecule has 0 spiro atoms. The van der Waals surface area contributed by atoms with Gasteiger partial charge in [0.05, 0.1) is 51.5 Å². The molecule has 0 saturated heterocycles. The summed E-state index contributed by atoms with van der Waals surface area (Å²) in [6.07, 6.45) is 8.89. The van der Waals surface area contributed by atoms with Gasteiger partial charge in [-0.1, -0.05) is 40.9 Å². The molecule has 0 radical (unpaired) electrons. The number of hydrogen-bond donors (Lipinski definition) is 1. The Kier molecular flexibility index (Phi) is 11.2. The fraction of sp³-hybridized carbons (Fsp3) is 0.282. The Labute approximate surface area is 322 Å². The maximum atomic E-state index is 14.7. The molecule has 0 saturated carbocycles. The van der Waals surface area contributed by atoms with Crippen LogP contribution in [0, 0.1) is 10.1 Å². The SMILES string of the molecule is COc1cc(OC)c(Cl)c(-c2cc3cnc(Nc4ccn(C)n4)nc3n(C(C)c3cccc(CC(=O)/C=C/C[N+](C)(C)CC4=C([N+](=O)[O-])N=CC4)c3)c2=O)c1. The highest BCUT2D eigenvalue weighted by Crippen LogP contribution is 2.39. The number of anilines is 2. The number of fused-ring (bicyclic) bond motifs is 1.